The molecule has 0 aliphatic rings. The second-order valence-electron chi connectivity index (χ2n) is 2.22. The molecule has 0 bridgehead atoms. The molecular weight excluding hydrogens is 193 g/mol. The van der Waals surface area contributed by atoms with Gasteiger partial charge in [-0.05, 0) is 11.6 Å². The lowest BCUT2D eigenvalue weighted by Gasteiger charge is -2.03. The van der Waals surface area contributed by atoms with E-state index >= 15 is 0 Å². The van der Waals surface area contributed by atoms with Crippen molar-refractivity contribution in [1.82, 2.24) is 9.97 Å². The zero-order chi connectivity index (χ0) is 9.68. The zero-order valence-corrected chi connectivity index (χ0v) is 7.48. The molecule has 0 saturated carbocycles. The van der Waals surface area contributed by atoms with Gasteiger partial charge in [-0.15, -0.1) is 12.3 Å². The Morgan fingerprint density at radius 3 is 3.15 bits per heavy atom. The molecule has 0 aliphatic heterocycles. The predicted octanol–water partition coefficient (Wildman–Crippen LogP) is 1.70. The molecule has 0 atom stereocenters. The summed E-state index contributed by atoms with van der Waals surface area (Å²) in [5, 5.41) is 2.71. The molecule has 0 aliphatic carbocycles. The van der Waals surface area contributed by atoms with Gasteiger partial charge < -0.3 is 5.32 Å². The van der Waals surface area contributed by atoms with E-state index in [1.165, 1.54) is 0 Å². The second kappa shape index (κ2) is 4.63. The summed E-state index contributed by atoms with van der Waals surface area (Å²) < 4.78 is 12.9. The molecule has 0 amide bonds. The average Bonchev–Trinajstić information content (AvgIpc) is 2.11. The van der Waals surface area contributed by atoms with Crippen molar-refractivity contribution in [3.8, 4) is 12.3 Å². The summed E-state index contributed by atoms with van der Waals surface area (Å²) in [6.45, 7) is 0.459. The molecule has 68 valence electrons. The maximum atomic E-state index is 12.9. The highest BCUT2D eigenvalue weighted by molar-refractivity contribution is 6.28. The Labute approximate surface area is 80.3 Å². The van der Waals surface area contributed by atoms with Crippen molar-refractivity contribution in [3.63, 3.8) is 0 Å². The predicted molar refractivity (Wildman–Crippen MR) is 48.9 cm³/mol. The van der Waals surface area contributed by atoms with Crippen molar-refractivity contribution < 1.29 is 4.39 Å². The average molecular weight is 200 g/mol. The number of terminal acetylenes is 1. The summed E-state index contributed by atoms with van der Waals surface area (Å²) in [5.41, 5.74) is 0. The van der Waals surface area contributed by atoms with Gasteiger partial charge in [0, 0.05) is 13.0 Å². The third-order valence-corrected chi connectivity index (χ3v) is 1.46. The number of nitrogens with one attached hydrogen (secondary N) is 1. The minimum Gasteiger partial charge on any atom is -0.367 e. The topological polar surface area (TPSA) is 37.8 Å². The summed E-state index contributed by atoms with van der Waals surface area (Å²) in [5.74, 6) is 1.95. The van der Waals surface area contributed by atoms with E-state index in [1.807, 2.05) is 0 Å². The molecule has 0 spiro atoms. The molecule has 0 fully saturated rings. The fourth-order valence-electron chi connectivity index (χ4n) is 0.723. The Hall–Kier alpha value is -1.34. The highest BCUT2D eigenvalue weighted by Gasteiger charge is 2.03. The Kier molecular flexibility index (Phi) is 3.47. The van der Waals surface area contributed by atoms with E-state index in [0.29, 0.717) is 13.0 Å². The van der Waals surface area contributed by atoms with Gasteiger partial charge in [-0.3, -0.25) is 0 Å². The number of nitrogens with zero attached hydrogens (tertiary/aromatic N) is 2. The number of anilines is 1. The van der Waals surface area contributed by atoms with Crippen molar-refractivity contribution in [1.29, 1.82) is 0 Å². The van der Waals surface area contributed by atoms with E-state index < -0.39 is 5.82 Å². The second-order valence-corrected chi connectivity index (χ2v) is 2.55. The molecular formula is C8H7ClFN3. The van der Waals surface area contributed by atoms with Gasteiger partial charge in [0.05, 0.1) is 6.20 Å². The van der Waals surface area contributed by atoms with Crippen LogP contribution in [0.1, 0.15) is 6.42 Å². The lowest BCUT2D eigenvalue weighted by Crippen LogP contribution is -2.05. The highest BCUT2D eigenvalue weighted by atomic mass is 35.5. The lowest BCUT2D eigenvalue weighted by atomic mass is 10.4. The van der Waals surface area contributed by atoms with E-state index in [4.69, 9.17) is 18.0 Å². The van der Waals surface area contributed by atoms with Crippen molar-refractivity contribution in [2.24, 2.45) is 0 Å². The van der Waals surface area contributed by atoms with Gasteiger partial charge in [0.25, 0.3) is 0 Å². The van der Waals surface area contributed by atoms with Gasteiger partial charge in [-0.2, -0.15) is 4.98 Å². The van der Waals surface area contributed by atoms with Gasteiger partial charge in [-0.25, -0.2) is 9.37 Å². The van der Waals surface area contributed by atoms with E-state index in [2.05, 4.69) is 21.2 Å². The Balaban J connectivity index is 2.65. The molecule has 13 heavy (non-hydrogen) atoms. The molecule has 1 aromatic rings. The first kappa shape index (κ1) is 9.75. The van der Waals surface area contributed by atoms with Gasteiger partial charge in [0.1, 0.15) is 0 Å². The van der Waals surface area contributed by atoms with Crippen LogP contribution in [0.2, 0.25) is 5.28 Å². The first-order valence-corrected chi connectivity index (χ1v) is 3.97. The highest BCUT2D eigenvalue weighted by Crippen LogP contribution is 2.11. The molecule has 5 heteroatoms. The number of hydrogen-bond donors (Lipinski definition) is 1. The maximum absolute atomic E-state index is 12.9. The van der Waals surface area contributed by atoms with Crippen LogP contribution in [-0.2, 0) is 0 Å². The standard InChI is InChI=1S/C8H7ClFN3/c1-2-3-4-11-7-6(10)5-12-8(9)13-7/h1,5H,3-4H2,(H,11,12,13). The Bertz CT molecular complexity index is 335. The van der Waals surface area contributed by atoms with E-state index in [-0.39, 0.29) is 11.1 Å². The van der Waals surface area contributed by atoms with Crippen molar-refractivity contribution in [2.75, 3.05) is 11.9 Å². The number of rotatable bonds is 3. The fraction of sp³-hybridized carbons (Fsp3) is 0.250. The fourth-order valence-corrected chi connectivity index (χ4v) is 0.856. The molecule has 0 saturated heterocycles. The minimum absolute atomic E-state index is 0.00427. The summed E-state index contributed by atoms with van der Waals surface area (Å²) in [6, 6.07) is 0. The van der Waals surface area contributed by atoms with Crippen LogP contribution in [0.5, 0.6) is 0 Å². The summed E-state index contributed by atoms with van der Waals surface area (Å²) in [4.78, 5) is 7.11. The van der Waals surface area contributed by atoms with Crippen LogP contribution in [0.15, 0.2) is 6.20 Å². The van der Waals surface area contributed by atoms with Crippen molar-refractivity contribution >= 4 is 17.4 Å². The van der Waals surface area contributed by atoms with Crippen molar-refractivity contribution in [3.05, 3.63) is 17.3 Å². The molecule has 0 radical (unpaired) electrons. The van der Waals surface area contributed by atoms with Crippen LogP contribution in [0.4, 0.5) is 10.2 Å². The Morgan fingerprint density at radius 1 is 1.69 bits per heavy atom. The van der Waals surface area contributed by atoms with Gasteiger partial charge in [0.2, 0.25) is 5.28 Å². The normalized spacial score (nSPS) is 9.31. The smallest absolute Gasteiger partial charge is 0.224 e. The van der Waals surface area contributed by atoms with E-state index in [1.54, 1.807) is 0 Å². The first-order chi connectivity index (χ1) is 6.24. The molecule has 1 heterocycles. The number of hydrogen-bond acceptors (Lipinski definition) is 3. The third-order valence-electron chi connectivity index (χ3n) is 1.28. The van der Waals surface area contributed by atoms with Gasteiger partial charge in [0.15, 0.2) is 11.6 Å². The molecule has 3 nitrogen and oxygen atoms in total. The van der Waals surface area contributed by atoms with Crippen LogP contribution >= 0.6 is 11.6 Å². The maximum Gasteiger partial charge on any atom is 0.224 e. The molecule has 0 unspecified atom stereocenters. The quantitative estimate of drug-likeness (QED) is 0.458. The molecule has 1 aromatic heterocycles. The van der Waals surface area contributed by atoms with Gasteiger partial charge >= 0.3 is 0 Å². The van der Waals surface area contributed by atoms with Crippen LogP contribution < -0.4 is 5.32 Å². The Morgan fingerprint density at radius 2 is 2.46 bits per heavy atom. The van der Waals surface area contributed by atoms with E-state index in [9.17, 15) is 4.39 Å². The summed E-state index contributed by atoms with van der Waals surface area (Å²) in [6.07, 6.45) is 6.53. The minimum atomic E-state index is -0.540. The molecule has 0 aromatic carbocycles. The monoisotopic (exact) mass is 199 g/mol. The number of aromatic nitrogens is 2. The lowest BCUT2D eigenvalue weighted by molar-refractivity contribution is 0.617. The van der Waals surface area contributed by atoms with Crippen LogP contribution in [0.25, 0.3) is 0 Å². The van der Waals surface area contributed by atoms with Crippen molar-refractivity contribution in [2.45, 2.75) is 6.42 Å². The SMILES string of the molecule is C#CCCNc1nc(Cl)ncc1F. The van der Waals surface area contributed by atoms with E-state index in [0.717, 1.165) is 6.20 Å². The van der Waals surface area contributed by atoms with Gasteiger partial charge in [-0.1, -0.05) is 0 Å². The summed E-state index contributed by atoms with van der Waals surface area (Å²) in [7, 11) is 0. The largest absolute Gasteiger partial charge is 0.367 e. The zero-order valence-electron chi connectivity index (χ0n) is 6.72. The van der Waals surface area contributed by atoms with Crippen LogP contribution in [-0.4, -0.2) is 16.5 Å². The molecule has 1 rings (SSSR count). The number of halogens is 2. The summed E-state index contributed by atoms with van der Waals surface area (Å²) >= 11 is 5.46. The first-order valence-electron chi connectivity index (χ1n) is 3.59. The molecule has 1 N–H and O–H groups in total. The van der Waals surface area contributed by atoms with Crippen LogP contribution in [0.3, 0.4) is 0 Å². The third kappa shape index (κ3) is 2.88. The van der Waals surface area contributed by atoms with Crippen LogP contribution in [0, 0.1) is 18.2 Å².